The molecule has 0 atom stereocenters. The Bertz CT molecular complexity index is 801. The summed E-state index contributed by atoms with van der Waals surface area (Å²) in [4.78, 5) is 5.78. The van der Waals surface area contributed by atoms with Gasteiger partial charge in [0.15, 0.2) is 11.5 Å². The highest BCUT2D eigenvalue weighted by Gasteiger charge is 2.29. The van der Waals surface area contributed by atoms with Gasteiger partial charge in [0.2, 0.25) is 0 Å². The molecule has 3 aromatic rings. The van der Waals surface area contributed by atoms with Crippen LogP contribution >= 0.6 is 11.3 Å². The van der Waals surface area contributed by atoms with E-state index in [1.165, 1.54) is 17.7 Å². The summed E-state index contributed by atoms with van der Waals surface area (Å²) in [5.74, 6) is 2.34. The SMILES string of the molecule is Cc1nc(CNc2ccc3nnc(C4CC4)n3n2)c(C)s1. The maximum atomic E-state index is 4.60. The van der Waals surface area contributed by atoms with E-state index >= 15 is 0 Å². The molecule has 3 aromatic heterocycles. The van der Waals surface area contributed by atoms with E-state index in [4.69, 9.17) is 0 Å². The molecule has 1 fully saturated rings. The fourth-order valence-corrected chi connectivity index (χ4v) is 3.24. The standard InChI is InChI=1S/C14H16N6S/c1-8-11(16-9(2)21-8)7-15-12-5-6-13-17-18-14(10-3-4-10)20(13)19-12/h5-6,10H,3-4,7H2,1-2H3,(H,15,19). The highest BCUT2D eigenvalue weighted by Crippen LogP contribution is 2.38. The number of aromatic nitrogens is 5. The maximum absolute atomic E-state index is 4.60. The summed E-state index contributed by atoms with van der Waals surface area (Å²) in [5.41, 5.74) is 1.90. The molecule has 1 N–H and O–H groups in total. The minimum absolute atomic E-state index is 0.534. The highest BCUT2D eigenvalue weighted by atomic mass is 32.1. The lowest BCUT2D eigenvalue weighted by molar-refractivity contribution is 0.813. The first kappa shape index (κ1) is 12.7. The molecule has 0 unspecified atom stereocenters. The Hall–Kier alpha value is -2.02. The summed E-state index contributed by atoms with van der Waals surface area (Å²) in [5, 5.41) is 17.5. The van der Waals surface area contributed by atoms with Crippen molar-refractivity contribution < 1.29 is 0 Å². The number of anilines is 1. The van der Waals surface area contributed by atoms with Crippen molar-refractivity contribution in [3.63, 3.8) is 0 Å². The molecule has 0 saturated heterocycles. The van der Waals surface area contributed by atoms with Crippen molar-refractivity contribution in [2.75, 3.05) is 5.32 Å². The average Bonchev–Trinajstić information content (AvgIpc) is 3.14. The smallest absolute Gasteiger partial charge is 0.178 e. The first-order valence-corrected chi connectivity index (χ1v) is 7.91. The van der Waals surface area contributed by atoms with Crippen molar-refractivity contribution in [1.82, 2.24) is 24.8 Å². The van der Waals surface area contributed by atoms with Crippen LogP contribution in [-0.4, -0.2) is 24.8 Å². The van der Waals surface area contributed by atoms with Crippen LogP contribution in [0.3, 0.4) is 0 Å². The summed E-state index contributed by atoms with van der Waals surface area (Å²) >= 11 is 1.73. The van der Waals surface area contributed by atoms with Gasteiger partial charge in [-0.2, -0.15) is 4.52 Å². The van der Waals surface area contributed by atoms with Crippen LogP contribution in [0.15, 0.2) is 12.1 Å². The van der Waals surface area contributed by atoms with Gasteiger partial charge < -0.3 is 5.32 Å². The van der Waals surface area contributed by atoms with E-state index < -0.39 is 0 Å². The van der Waals surface area contributed by atoms with Crippen LogP contribution in [0.5, 0.6) is 0 Å². The molecule has 3 heterocycles. The predicted molar refractivity (Wildman–Crippen MR) is 81.7 cm³/mol. The van der Waals surface area contributed by atoms with E-state index in [-0.39, 0.29) is 0 Å². The molecule has 6 nitrogen and oxygen atoms in total. The second kappa shape index (κ2) is 4.77. The van der Waals surface area contributed by atoms with Crippen LogP contribution in [0, 0.1) is 13.8 Å². The fourth-order valence-electron chi connectivity index (χ4n) is 2.41. The molecule has 4 rings (SSSR count). The van der Waals surface area contributed by atoms with Crippen LogP contribution in [0.2, 0.25) is 0 Å². The third kappa shape index (κ3) is 2.37. The van der Waals surface area contributed by atoms with Crippen LogP contribution in [0.4, 0.5) is 5.82 Å². The number of thiazole rings is 1. The largest absolute Gasteiger partial charge is 0.363 e. The number of rotatable bonds is 4. The van der Waals surface area contributed by atoms with Crippen molar-refractivity contribution in [2.24, 2.45) is 0 Å². The topological polar surface area (TPSA) is 68.0 Å². The Balaban J connectivity index is 1.58. The Morgan fingerprint density at radius 1 is 1.29 bits per heavy atom. The third-order valence-corrected chi connectivity index (χ3v) is 4.59. The van der Waals surface area contributed by atoms with Crippen molar-refractivity contribution >= 4 is 22.8 Å². The van der Waals surface area contributed by atoms with Gasteiger partial charge in [0.1, 0.15) is 5.82 Å². The molecule has 21 heavy (non-hydrogen) atoms. The Labute approximate surface area is 126 Å². The fraction of sp³-hybridized carbons (Fsp3) is 0.429. The zero-order valence-corrected chi connectivity index (χ0v) is 12.8. The molecule has 1 aliphatic rings. The van der Waals surface area contributed by atoms with Crippen molar-refractivity contribution in [2.45, 2.75) is 39.2 Å². The molecule has 1 aliphatic carbocycles. The van der Waals surface area contributed by atoms with E-state index in [9.17, 15) is 0 Å². The number of nitrogens with one attached hydrogen (secondary N) is 1. The molecule has 0 amide bonds. The monoisotopic (exact) mass is 300 g/mol. The Morgan fingerprint density at radius 3 is 2.86 bits per heavy atom. The first-order valence-electron chi connectivity index (χ1n) is 7.10. The molecule has 0 spiro atoms. The lowest BCUT2D eigenvalue weighted by Gasteiger charge is -2.05. The van der Waals surface area contributed by atoms with E-state index in [0.717, 1.165) is 28.0 Å². The summed E-state index contributed by atoms with van der Waals surface area (Å²) in [6.45, 7) is 4.82. The molecule has 0 bridgehead atoms. The molecule has 0 radical (unpaired) electrons. The van der Waals surface area contributed by atoms with E-state index in [1.807, 2.05) is 23.6 Å². The van der Waals surface area contributed by atoms with Crippen LogP contribution in [0.1, 0.15) is 40.2 Å². The molecule has 0 aliphatic heterocycles. The molecule has 1 saturated carbocycles. The second-order valence-corrected chi connectivity index (χ2v) is 6.82. The third-order valence-electron chi connectivity index (χ3n) is 3.67. The van der Waals surface area contributed by atoms with Gasteiger partial charge in [-0.05, 0) is 38.8 Å². The van der Waals surface area contributed by atoms with E-state index in [2.05, 4.69) is 32.5 Å². The molecule has 108 valence electrons. The van der Waals surface area contributed by atoms with Crippen LogP contribution in [-0.2, 0) is 6.54 Å². The van der Waals surface area contributed by atoms with E-state index in [0.29, 0.717) is 12.5 Å². The normalized spacial score (nSPS) is 14.8. The lowest BCUT2D eigenvalue weighted by atomic mass is 10.3. The number of aryl methyl sites for hydroxylation is 2. The van der Waals surface area contributed by atoms with Gasteiger partial charge in [-0.3, -0.25) is 0 Å². The Morgan fingerprint density at radius 2 is 2.14 bits per heavy atom. The Kier molecular flexibility index (Phi) is 2.88. The van der Waals surface area contributed by atoms with Gasteiger partial charge in [-0.25, -0.2) is 4.98 Å². The predicted octanol–water partition coefficient (Wildman–Crippen LogP) is 2.69. The first-order chi connectivity index (χ1) is 10.2. The maximum Gasteiger partial charge on any atom is 0.178 e. The van der Waals surface area contributed by atoms with Crippen molar-refractivity contribution in [3.8, 4) is 0 Å². The molecular weight excluding hydrogens is 284 g/mol. The summed E-state index contributed by atoms with van der Waals surface area (Å²) in [6.07, 6.45) is 2.38. The number of hydrogen-bond acceptors (Lipinski definition) is 6. The van der Waals surface area contributed by atoms with Gasteiger partial charge >= 0.3 is 0 Å². The van der Waals surface area contributed by atoms with Gasteiger partial charge in [0.25, 0.3) is 0 Å². The average molecular weight is 300 g/mol. The van der Waals surface area contributed by atoms with Crippen molar-refractivity contribution in [3.05, 3.63) is 33.5 Å². The summed E-state index contributed by atoms with van der Waals surface area (Å²) in [6, 6.07) is 3.89. The van der Waals surface area contributed by atoms with Gasteiger partial charge in [-0.1, -0.05) is 0 Å². The van der Waals surface area contributed by atoms with Gasteiger partial charge in [-0.15, -0.1) is 26.6 Å². The number of nitrogens with zero attached hydrogens (tertiary/aromatic N) is 5. The van der Waals surface area contributed by atoms with Gasteiger partial charge in [0.05, 0.1) is 17.2 Å². The van der Waals surface area contributed by atoms with Crippen LogP contribution < -0.4 is 5.32 Å². The van der Waals surface area contributed by atoms with Gasteiger partial charge in [0, 0.05) is 10.8 Å². The summed E-state index contributed by atoms with van der Waals surface area (Å²) in [7, 11) is 0. The van der Waals surface area contributed by atoms with Crippen LogP contribution in [0.25, 0.3) is 5.65 Å². The quantitative estimate of drug-likeness (QED) is 0.802. The lowest BCUT2D eigenvalue weighted by Crippen LogP contribution is -2.06. The molecular formula is C14H16N6S. The van der Waals surface area contributed by atoms with E-state index in [1.54, 1.807) is 11.3 Å². The second-order valence-electron chi connectivity index (χ2n) is 5.41. The zero-order valence-electron chi connectivity index (χ0n) is 12.0. The molecule has 7 heteroatoms. The minimum Gasteiger partial charge on any atom is -0.363 e. The number of fused-ring (bicyclic) bond motifs is 1. The number of hydrogen-bond donors (Lipinski definition) is 1. The highest BCUT2D eigenvalue weighted by molar-refractivity contribution is 7.11. The minimum atomic E-state index is 0.534. The zero-order chi connectivity index (χ0) is 14.4. The summed E-state index contributed by atoms with van der Waals surface area (Å²) < 4.78 is 1.86. The van der Waals surface area contributed by atoms with Crippen molar-refractivity contribution in [1.29, 1.82) is 0 Å². The molecule has 0 aromatic carbocycles.